The van der Waals surface area contributed by atoms with Gasteiger partial charge in [0.1, 0.15) is 19.0 Å². The Hall–Kier alpha value is -4.51. The number of methoxy groups -OCH3 is 1. The van der Waals surface area contributed by atoms with E-state index in [1.807, 2.05) is 12.1 Å². The zero-order valence-electron chi connectivity index (χ0n) is 19.2. The Bertz CT molecular complexity index is 1230. The number of nitrogens with zero attached hydrogens (tertiary/aromatic N) is 1. The van der Waals surface area contributed by atoms with Gasteiger partial charge in [-0.3, -0.25) is 9.59 Å². The first-order valence-corrected chi connectivity index (χ1v) is 11.0. The lowest BCUT2D eigenvalue weighted by molar-refractivity contribution is -0.155. The van der Waals surface area contributed by atoms with Gasteiger partial charge in [0.05, 0.1) is 25.2 Å². The van der Waals surface area contributed by atoms with Crippen LogP contribution in [-0.4, -0.2) is 32.2 Å². The molecule has 0 saturated carbocycles. The van der Waals surface area contributed by atoms with E-state index < -0.39 is 18.0 Å². The second-order valence-electron chi connectivity index (χ2n) is 7.82. The van der Waals surface area contributed by atoms with Crippen LogP contribution in [0.1, 0.15) is 28.4 Å². The van der Waals surface area contributed by atoms with Crippen LogP contribution in [0.2, 0.25) is 0 Å². The zero-order valence-corrected chi connectivity index (χ0v) is 19.2. The smallest absolute Gasteiger partial charge is 0.311 e. The molecule has 1 heterocycles. The van der Waals surface area contributed by atoms with Gasteiger partial charge < -0.3 is 24.3 Å². The summed E-state index contributed by atoms with van der Waals surface area (Å²) in [6.45, 7) is 1.17. The van der Waals surface area contributed by atoms with Crippen LogP contribution in [0, 0.1) is 11.3 Å². The molecule has 0 spiro atoms. The zero-order chi connectivity index (χ0) is 24.6. The maximum atomic E-state index is 13.1. The summed E-state index contributed by atoms with van der Waals surface area (Å²) in [5.74, 6) is 0.926. The maximum absolute atomic E-state index is 13.1. The van der Waals surface area contributed by atoms with Crippen molar-refractivity contribution in [2.45, 2.75) is 19.1 Å². The van der Waals surface area contributed by atoms with E-state index in [1.54, 1.807) is 67.8 Å². The molecule has 0 aromatic heterocycles. The molecule has 8 heteroatoms. The van der Waals surface area contributed by atoms with Crippen molar-refractivity contribution >= 4 is 11.9 Å². The number of carbonyl (C=O) groups excluding carboxylic acids is 2. The minimum atomic E-state index is -1.18. The SMILES string of the molecule is COc1ccc(CC(=O)OC(C(=O)NCc2ccc3c(c2)OCCO3)c2ccc(C#N)cc2)cc1. The van der Waals surface area contributed by atoms with Crippen LogP contribution < -0.4 is 19.5 Å². The Morgan fingerprint density at radius 3 is 2.34 bits per heavy atom. The second-order valence-corrected chi connectivity index (χ2v) is 7.82. The molecular weight excluding hydrogens is 448 g/mol. The van der Waals surface area contributed by atoms with Crippen molar-refractivity contribution in [2.24, 2.45) is 0 Å². The van der Waals surface area contributed by atoms with E-state index in [-0.39, 0.29) is 13.0 Å². The summed E-state index contributed by atoms with van der Waals surface area (Å²) in [6, 6.07) is 20.9. The average molecular weight is 472 g/mol. The molecule has 35 heavy (non-hydrogen) atoms. The van der Waals surface area contributed by atoms with Crippen LogP contribution in [0.3, 0.4) is 0 Å². The fourth-order valence-electron chi connectivity index (χ4n) is 3.57. The summed E-state index contributed by atoms with van der Waals surface area (Å²) in [5, 5.41) is 11.9. The molecule has 0 fully saturated rings. The van der Waals surface area contributed by atoms with Crippen molar-refractivity contribution in [3.63, 3.8) is 0 Å². The third-order valence-corrected chi connectivity index (χ3v) is 5.41. The third kappa shape index (κ3) is 6.09. The Labute approximate surface area is 203 Å². The largest absolute Gasteiger partial charge is 0.497 e. The summed E-state index contributed by atoms with van der Waals surface area (Å²) in [5.41, 5.74) is 2.44. The Balaban J connectivity index is 1.46. The molecule has 4 rings (SSSR count). The van der Waals surface area contributed by atoms with E-state index in [9.17, 15) is 9.59 Å². The fourth-order valence-corrected chi connectivity index (χ4v) is 3.57. The summed E-state index contributed by atoms with van der Waals surface area (Å²) in [4.78, 5) is 25.8. The number of esters is 1. The molecule has 1 atom stereocenters. The molecule has 0 aliphatic carbocycles. The number of carbonyl (C=O) groups is 2. The minimum absolute atomic E-state index is 0.00772. The van der Waals surface area contributed by atoms with Crippen molar-refractivity contribution in [1.29, 1.82) is 5.26 Å². The van der Waals surface area contributed by atoms with Gasteiger partial charge in [-0.15, -0.1) is 0 Å². The van der Waals surface area contributed by atoms with E-state index in [4.69, 9.17) is 24.2 Å². The van der Waals surface area contributed by atoms with Gasteiger partial charge in [-0.05, 0) is 47.5 Å². The summed E-state index contributed by atoms with van der Waals surface area (Å²) < 4.78 is 21.9. The van der Waals surface area contributed by atoms with Crippen LogP contribution in [-0.2, 0) is 27.3 Å². The van der Waals surface area contributed by atoms with Gasteiger partial charge in [0.2, 0.25) is 6.10 Å². The predicted octanol–water partition coefficient (Wildman–Crippen LogP) is 3.48. The van der Waals surface area contributed by atoms with Gasteiger partial charge in [0.25, 0.3) is 5.91 Å². The highest BCUT2D eigenvalue weighted by Gasteiger charge is 2.25. The fraction of sp³-hybridized carbons (Fsp3) is 0.222. The van der Waals surface area contributed by atoms with Crippen LogP contribution >= 0.6 is 0 Å². The first-order valence-electron chi connectivity index (χ1n) is 11.0. The predicted molar refractivity (Wildman–Crippen MR) is 126 cm³/mol. The van der Waals surface area contributed by atoms with Gasteiger partial charge >= 0.3 is 5.97 Å². The molecule has 3 aromatic rings. The molecule has 178 valence electrons. The van der Waals surface area contributed by atoms with E-state index in [0.717, 1.165) is 11.1 Å². The highest BCUT2D eigenvalue weighted by Crippen LogP contribution is 2.30. The number of ether oxygens (including phenoxy) is 4. The number of amides is 1. The van der Waals surface area contributed by atoms with Crippen molar-refractivity contribution in [3.05, 3.63) is 89.0 Å². The summed E-state index contributed by atoms with van der Waals surface area (Å²) >= 11 is 0. The number of benzene rings is 3. The molecule has 1 amide bonds. The van der Waals surface area contributed by atoms with Crippen LogP contribution in [0.4, 0.5) is 0 Å². The van der Waals surface area contributed by atoms with Crippen molar-refractivity contribution < 1.29 is 28.5 Å². The van der Waals surface area contributed by atoms with E-state index >= 15 is 0 Å². The van der Waals surface area contributed by atoms with Gasteiger partial charge in [0, 0.05) is 12.1 Å². The molecule has 3 aromatic carbocycles. The third-order valence-electron chi connectivity index (χ3n) is 5.41. The van der Waals surface area contributed by atoms with E-state index in [2.05, 4.69) is 5.32 Å². The Morgan fingerprint density at radius 1 is 0.971 bits per heavy atom. The lowest BCUT2D eigenvalue weighted by Gasteiger charge is -2.20. The Kier molecular flexibility index (Phi) is 7.48. The molecule has 1 N–H and O–H groups in total. The molecule has 0 saturated heterocycles. The van der Waals surface area contributed by atoms with Crippen molar-refractivity contribution in [3.8, 4) is 23.3 Å². The number of fused-ring (bicyclic) bond motifs is 1. The second kappa shape index (κ2) is 11.1. The molecule has 0 radical (unpaired) electrons. The molecule has 1 unspecified atom stereocenters. The maximum Gasteiger partial charge on any atom is 0.311 e. The highest BCUT2D eigenvalue weighted by atomic mass is 16.6. The number of nitrogens with one attached hydrogen (secondary N) is 1. The number of hydrogen-bond donors (Lipinski definition) is 1. The first kappa shape index (κ1) is 23.6. The van der Waals surface area contributed by atoms with Gasteiger partial charge in [-0.25, -0.2) is 0 Å². The van der Waals surface area contributed by atoms with E-state index in [0.29, 0.717) is 41.6 Å². The number of rotatable bonds is 8. The van der Waals surface area contributed by atoms with Crippen molar-refractivity contribution in [1.82, 2.24) is 5.32 Å². The Morgan fingerprint density at radius 2 is 1.66 bits per heavy atom. The number of hydrogen-bond acceptors (Lipinski definition) is 7. The van der Waals surface area contributed by atoms with Gasteiger partial charge in [-0.1, -0.05) is 30.3 Å². The molecule has 8 nitrogen and oxygen atoms in total. The summed E-state index contributed by atoms with van der Waals surface area (Å²) in [7, 11) is 1.56. The topological polar surface area (TPSA) is 107 Å². The molecule has 0 bridgehead atoms. The van der Waals surface area contributed by atoms with Crippen LogP contribution in [0.15, 0.2) is 66.7 Å². The normalized spacial score (nSPS) is 12.7. The molecule has 1 aliphatic heterocycles. The monoisotopic (exact) mass is 472 g/mol. The number of nitriles is 1. The standard InChI is InChI=1S/C27H24N2O6/c1-32-22-9-4-18(5-10-22)15-25(30)35-26(21-7-2-19(16-28)3-8-21)27(31)29-17-20-6-11-23-24(14-20)34-13-12-33-23/h2-11,14,26H,12-13,15,17H2,1H3,(H,29,31). The molecular formula is C27H24N2O6. The lowest BCUT2D eigenvalue weighted by Crippen LogP contribution is -2.32. The van der Waals surface area contributed by atoms with Gasteiger partial charge in [0.15, 0.2) is 11.5 Å². The van der Waals surface area contributed by atoms with Crippen LogP contribution in [0.5, 0.6) is 17.2 Å². The quantitative estimate of drug-likeness (QED) is 0.500. The minimum Gasteiger partial charge on any atom is -0.497 e. The lowest BCUT2D eigenvalue weighted by atomic mass is 10.1. The summed E-state index contributed by atoms with van der Waals surface area (Å²) in [6.07, 6.45) is -1.18. The first-order chi connectivity index (χ1) is 17.1. The average Bonchev–Trinajstić information content (AvgIpc) is 2.90. The van der Waals surface area contributed by atoms with Crippen LogP contribution in [0.25, 0.3) is 0 Å². The highest BCUT2D eigenvalue weighted by molar-refractivity contribution is 5.85. The van der Waals surface area contributed by atoms with E-state index in [1.165, 1.54) is 0 Å². The van der Waals surface area contributed by atoms with Gasteiger partial charge in [-0.2, -0.15) is 5.26 Å². The van der Waals surface area contributed by atoms with Crippen molar-refractivity contribution in [2.75, 3.05) is 20.3 Å². The molecule has 1 aliphatic rings.